The van der Waals surface area contributed by atoms with Crippen LogP contribution < -0.4 is 10.3 Å². The first-order valence-corrected chi connectivity index (χ1v) is 8.03. The van der Waals surface area contributed by atoms with Crippen LogP contribution in [0.15, 0.2) is 47.3 Å². The summed E-state index contributed by atoms with van der Waals surface area (Å²) < 4.78 is 35.4. The van der Waals surface area contributed by atoms with Gasteiger partial charge in [-0.1, -0.05) is 12.1 Å². The molecule has 0 saturated carbocycles. The van der Waals surface area contributed by atoms with Crippen molar-refractivity contribution >= 4 is 16.7 Å². The Morgan fingerprint density at radius 1 is 1.12 bits per heavy atom. The smallest absolute Gasteiger partial charge is 0.262 e. The van der Waals surface area contributed by atoms with Crippen molar-refractivity contribution in [1.82, 2.24) is 19.2 Å². The third-order valence-corrected chi connectivity index (χ3v) is 4.14. The zero-order valence-corrected chi connectivity index (χ0v) is 13.8. The minimum absolute atomic E-state index is 0.0868. The van der Waals surface area contributed by atoms with Gasteiger partial charge in [-0.2, -0.15) is 0 Å². The fraction of sp³-hybridized carbons (Fsp3) is 0.167. The van der Waals surface area contributed by atoms with E-state index in [0.29, 0.717) is 29.0 Å². The fourth-order valence-electron chi connectivity index (χ4n) is 2.93. The minimum Gasteiger partial charge on any atom is -0.483 e. The van der Waals surface area contributed by atoms with Gasteiger partial charge in [-0.25, -0.2) is 8.78 Å². The highest BCUT2D eigenvalue weighted by molar-refractivity contribution is 5.80. The molecule has 0 aliphatic heterocycles. The second-order valence-corrected chi connectivity index (χ2v) is 5.68. The predicted molar refractivity (Wildman–Crippen MR) is 91.1 cm³/mol. The Kier molecular flexibility index (Phi) is 3.87. The van der Waals surface area contributed by atoms with Gasteiger partial charge in [0.2, 0.25) is 5.78 Å². The molecule has 26 heavy (non-hydrogen) atoms. The molecule has 0 aliphatic rings. The zero-order valence-electron chi connectivity index (χ0n) is 13.8. The van der Waals surface area contributed by atoms with E-state index in [0.717, 1.165) is 12.1 Å². The summed E-state index contributed by atoms with van der Waals surface area (Å²) >= 11 is 0. The molecule has 2 aromatic carbocycles. The van der Waals surface area contributed by atoms with Gasteiger partial charge < -0.3 is 4.74 Å². The topological polar surface area (TPSA) is 61.4 Å². The van der Waals surface area contributed by atoms with Gasteiger partial charge in [-0.3, -0.25) is 13.8 Å². The molecule has 132 valence electrons. The quantitative estimate of drug-likeness (QED) is 0.564. The summed E-state index contributed by atoms with van der Waals surface area (Å²) in [5.74, 6) is -0.775. The van der Waals surface area contributed by atoms with Crippen LogP contribution in [-0.2, 0) is 13.2 Å². The van der Waals surface area contributed by atoms with E-state index in [1.165, 1.54) is 10.6 Å². The molecule has 0 spiro atoms. The van der Waals surface area contributed by atoms with Crippen LogP contribution >= 0.6 is 0 Å². The highest BCUT2D eigenvalue weighted by Gasteiger charge is 2.16. The van der Waals surface area contributed by atoms with Gasteiger partial charge in [0, 0.05) is 12.6 Å². The van der Waals surface area contributed by atoms with Crippen molar-refractivity contribution in [3.63, 3.8) is 0 Å². The monoisotopic (exact) mass is 356 g/mol. The molecule has 6 nitrogen and oxygen atoms in total. The lowest BCUT2D eigenvalue weighted by Crippen LogP contribution is -2.22. The molecule has 4 rings (SSSR count). The molecule has 0 unspecified atom stereocenters. The average molecular weight is 356 g/mol. The van der Waals surface area contributed by atoms with Crippen LogP contribution in [0.5, 0.6) is 5.75 Å². The highest BCUT2D eigenvalue weighted by Crippen LogP contribution is 2.20. The molecule has 0 radical (unpaired) electrons. The van der Waals surface area contributed by atoms with E-state index in [2.05, 4.69) is 10.2 Å². The SMILES string of the molecule is CCn1c(=O)c2ccccc2n2c(COc3ccc(F)cc3F)nnc12. The number of benzene rings is 2. The number of ether oxygens (including phenoxy) is 1. The Morgan fingerprint density at radius 3 is 2.69 bits per heavy atom. The molecule has 2 heterocycles. The lowest BCUT2D eigenvalue weighted by atomic mass is 10.2. The summed E-state index contributed by atoms with van der Waals surface area (Å²) in [6, 6.07) is 10.2. The van der Waals surface area contributed by atoms with Crippen molar-refractivity contribution in [3.8, 4) is 5.75 Å². The third kappa shape index (κ3) is 2.50. The van der Waals surface area contributed by atoms with E-state index in [1.54, 1.807) is 22.6 Å². The standard InChI is InChI=1S/C18H14F2N4O2/c1-2-23-17(25)12-5-3-4-6-14(12)24-16(21-22-18(23)24)10-26-15-8-7-11(19)9-13(15)20/h3-9H,2,10H2,1H3. The van der Waals surface area contributed by atoms with E-state index in [1.807, 2.05) is 13.0 Å². The molecule has 2 aromatic heterocycles. The lowest BCUT2D eigenvalue weighted by molar-refractivity contribution is 0.279. The fourth-order valence-corrected chi connectivity index (χ4v) is 2.93. The Morgan fingerprint density at radius 2 is 1.92 bits per heavy atom. The summed E-state index contributed by atoms with van der Waals surface area (Å²) in [5.41, 5.74) is 0.487. The molecule has 0 saturated heterocycles. The van der Waals surface area contributed by atoms with E-state index >= 15 is 0 Å². The number of para-hydroxylation sites is 1. The first-order chi connectivity index (χ1) is 12.6. The Balaban J connectivity index is 1.84. The van der Waals surface area contributed by atoms with Gasteiger partial charge in [-0.15, -0.1) is 10.2 Å². The number of aromatic nitrogens is 4. The van der Waals surface area contributed by atoms with Crippen LogP contribution in [0, 0.1) is 11.6 Å². The van der Waals surface area contributed by atoms with Crippen LogP contribution in [0.1, 0.15) is 12.7 Å². The summed E-state index contributed by atoms with van der Waals surface area (Å²) in [5, 5.41) is 8.70. The van der Waals surface area contributed by atoms with Crippen LogP contribution in [0.2, 0.25) is 0 Å². The number of nitrogens with zero attached hydrogens (tertiary/aromatic N) is 4. The van der Waals surface area contributed by atoms with E-state index in [4.69, 9.17) is 4.74 Å². The van der Waals surface area contributed by atoms with Crippen molar-refractivity contribution in [2.75, 3.05) is 0 Å². The van der Waals surface area contributed by atoms with Gasteiger partial charge in [0.1, 0.15) is 12.4 Å². The van der Waals surface area contributed by atoms with Crippen molar-refractivity contribution in [3.05, 3.63) is 70.3 Å². The van der Waals surface area contributed by atoms with Gasteiger partial charge in [-0.05, 0) is 31.2 Å². The number of hydrogen-bond acceptors (Lipinski definition) is 4. The Hall–Kier alpha value is -3.29. The maximum Gasteiger partial charge on any atom is 0.262 e. The molecule has 8 heteroatoms. The molecule has 0 fully saturated rings. The van der Waals surface area contributed by atoms with Gasteiger partial charge in [0.15, 0.2) is 17.4 Å². The maximum atomic E-state index is 13.8. The number of aryl methyl sites for hydroxylation is 1. The molecule has 0 amide bonds. The van der Waals surface area contributed by atoms with E-state index in [9.17, 15) is 13.6 Å². The minimum atomic E-state index is -0.797. The summed E-state index contributed by atoms with van der Waals surface area (Å²) in [7, 11) is 0. The normalized spacial score (nSPS) is 11.3. The largest absolute Gasteiger partial charge is 0.483 e. The zero-order chi connectivity index (χ0) is 18.3. The highest BCUT2D eigenvalue weighted by atomic mass is 19.1. The van der Waals surface area contributed by atoms with E-state index < -0.39 is 11.6 Å². The lowest BCUT2D eigenvalue weighted by Gasteiger charge is -2.10. The molecular weight excluding hydrogens is 342 g/mol. The first kappa shape index (κ1) is 16.2. The molecule has 4 aromatic rings. The predicted octanol–water partition coefficient (Wildman–Crippen LogP) is 2.92. The molecule has 0 bridgehead atoms. The van der Waals surface area contributed by atoms with Gasteiger partial charge >= 0.3 is 0 Å². The second kappa shape index (κ2) is 6.21. The van der Waals surface area contributed by atoms with Crippen LogP contribution in [0.3, 0.4) is 0 Å². The maximum absolute atomic E-state index is 13.8. The molecule has 0 N–H and O–H groups in total. The summed E-state index contributed by atoms with van der Waals surface area (Å²) in [4.78, 5) is 12.6. The summed E-state index contributed by atoms with van der Waals surface area (Å²) in [6.45, 7) is 2.18. The first-order valence-electron chi connectivity index (χ1n) is 8.03. The molecule has 0 atom stereocenters. The third-order valence-electron chi connectivity index (χ3n) is 4.14. The molecule has 0 aliphatic carbocycles. The number of rotatable bonds is 4. The van der Waals surface area contributed by atoms with Crippen molar-refractivity contribution in [1.29, 1.82) is 0 Å². The van der Waals surface area contributed by atoms with Gasteiger partial charge in [0.25, 0.3) is 5.56 Å². The van der Waals surface area contributed by atoms with Crippen molar-refractivity contribution in [2.45, 2.75) is 20.1 Å². The van der Waals surface area contributed by atoms with Crippen LogP contribution in [-0.4, -0.2) is 19.2 Å². The number of halogens is 2. The van der Waals surface area contributed by atoms with Crippen molar-refractivity contribution in [2.24, 2.45) is 0 Å². The molecular formula is C18H14F2N4O2. The van der Waals surface area contributed by atoms with Crippen LogP contribution in [0.4, 0.5) is 8.78 Å². The van der Waals surface area contributed by atoms with Gasteiger partial charge in [0.05, 0.1) is 10.9 Å². The Labute approximate surface area is 146 Å². The van der Waals surface area contributed by atoms with Crippen LogP contribution in [0.25, 0.3) is 16.7 Å². The second-order valence-electron chi connectivity index (χ2n) is 5.68. The average Bonchev–Trinajstić information content (AvgIpc) is 3.05. The number of hydrogen-bond donors (Lipinski definition) is 0. The number of fused-ring (bicyclic) bond motifs is 3. The van der Waals surface area contributed by atoms with E-state index in [-0.39, 0.29) is 17.9 Å². The summed E-state index contributed by atoms with van der Waals surface area (Å²) in [6.07, 6.45) is 0. The van der Waals surface area contributed by atoms with Crippen molar-refractivity contribution < 1.29 is 13.5 Å². The Bertz CT molecular complexity index is 1180.